The van der Waals surface area contributed by atoms with Gasteiger partial charge in [-0.3, -0.25) is 9.48 Å². The maximum absolute atomic E-state index is 12.0. The normalized spacial score (nSPS) is 9.70. The van der Waals surface area contributed by atoms with Crippen LogP contribution in [0.5, 0.6) is 0 Å². The van der Waals surface area contributed by atoms with E-state index in [-0.39, 0.29) is 12.5 Å². The van der Waals surface area contributed by atoms with Gasteiger partial charge in [-0.25, -0.2) is 0 Å². The first-order valence-electron chi connectivity index (χ1n) is 6.20. The van der Waals surface area contributed by atoms with Gasteiger partial charge in [-0.1, -0.05) is 11.8 Å². The number of amides is 1. The number of aliphatic hydroxyl groups excluding tert-OH is 1. The van der Waals surface area contributed by atoms with Gasteiger partial charge in [0.2, 0.25) is 0 Å². The quantitative estimate of drug-likeness (QED) is 0.828. The van der Waals surface area contributed by atoms with Crippen molar-refractivity contribution in [3.05, 3.63) is 47.7 Å². The second-order valence-electron chi connectivity index (χ2n) is 4.18. The Morgan fingerprint density at radius 2 is 2.10 bits per heavy atom. The van der Waals surface area contributed by atoms with Crippen LogP contribution in [-0.2, 0) is 7.05 Å². The van der Waals surface area contributed by atoms with E-state index >= 15 is 0 Å². The molecule has 1 aromatic heterocycles. The number of carbonyl (C=O) groups excluding carboxylic acids is 1. The van der Waals surface area contributed by atoms with Crippen LogP contribution in [-0.4, -0.2) is 27.4 Å². The molecule has 0 aliphatic heterocycles. The van der Waals surface area contributed by atoms with E-state index in [4.69, 9.17) is 5.11 Å². The predicted molar refractivity (Wildman–Crippen MR) is 76.2 cm³/mol. The number of rotatable bonds is 3. The zero-order chi connectivity index (χ0) is 14.4. The molecule has 20 heavy (non-hydrogen) atoms. The third-order valence-electron chi connectivity index (χ3n) is 2.57. The summed E-state index contributed by atoms with van der Waals surface area (Å²) in [6, 6.07) is 8.70. The Morgan fingerprint density at radius 1 is 1.35 bits per heavy atom. The van der Waals surface area contributed by atoms with Gasteiger partial charge in [0.15, 0.2) is 5.82 Å². The van der Waals surface area contributed by atoms with Gasteiger partial charge in [0.1, 0.15) is 0 Å². The highest BCUT2D eigenvalue weighted by atomic mass is 16.2. The fourth-order valence-corrected chi connectivity index (χ4v) is 1.60. The Kier molecular flexibility index (Phi) is 4.53. The lowest BCUT2D eigenvalue weighted by Gasteiger charge is -2.01. The molecule has 0 radical (unpaired) electrons. The minimum absolute atomic E-state index is 0.0531. The van der Waals surface area contributed by atoms with E-state index in [1.807, 2.05) is 0 Å². The van der Waals surface area contributed by atoms with Crippen LogP contribution >= 0.6 is 0 Å². The minimum Gasteiger partial charge on any atom is -0.395 e. The molecule has 1 amide bonds. The summed E-state index contributed by atoms with van der Waals surface area (Å²) in [5.74, 6) is 6.04. The summed E-state index contributed by atoms with van der Waals surface area (Å²) in [5, 5.41) is 15.4. The highest BCUT2D eigenvalue weighted by Gasteiger charge is 2.07. The summed E-state index contributed by atoms with van der Waals surface area (Å²) >= 11 is 0. The number of carbonyl (C=O) groups is 1. The highest BCUT2D eigenvalue weighted by molar-refractivity contribution is 6.03. The number of aliphatic hydroxyl groups is 1. The van der Waals surface area contributed by atoms with Gasteiger partial charge in [0.05, 0.1) is 6.61 Å². The first kappa shape index (κ1) is 13.8. The fraction of sp³-hybridized carbons (Fsp3) is 0.200. The van der Waals surface area contributed by atoms with Crippen molar-refractivity contribution in [1.29, 1.82) is 0 Å². The number of hydrogen-bond donors (Lipinski definition) is 2. The molecule has 0 unspecified atom stereocenters. The monoisotopic (exact) mass is 269 g/mol. The molecule has 2 aromatic rings. The summed E-state index contributed by atoms with van der Waals surface area (Å²) in [5.41, 5.74) is 1.36. The van der Waals surface area contributed by atoms with Crippen LogP contribution in [0.15, 0.2) is 36.5 Å². The standard InChI is InChI=1S/C15H15N3O2/c1-18-10-9-14(17-18)16-15(20)13-7-5-12(6-8-13)4-2-3-11-19/h5-10,19H,3,11H2,1H3,(H,16,17,20). The van der Waals surface area contributed by atoms with E-state index in [0.29, 0.717) is 17.8 Å². The van der Waals surface area contributed by atoms with Gasteiger partial charge in [-0.05, 0) is 24.3 Å². The van der Waals surface area contributed by atoms with Gasteiger partial charge in [0.25, 0.3) is 5.91 Å². The fourth-order valence-electron chi connectivity index (χ4n) is 1.60. The second-order valence-corrected chi connectivity index (χ2v) is 4.18. The minimum atomic E-state index is -0.210. The van der Waals surface area contributed by atoms with E-state index in [2.05, 4.69) is 22.3 Å². The van der Waals surface area contributed by atoms with Gasteiger partial charge in [0, 0.05) is 36.9 Å². The van der Waals surface area contributed by atoms with Gasteiger partial charge >= 0.3 is 0 Å². The maximum Gasteiger partial charge on any atom is 0.256 e. The summed E-state index contributed by atoms with van der Waals surface area (Å²) < 4.78 is 1.62. The molecule has 1 aromatic carbocycles. The molecule has 5 nitrogen and oxygen atoms in total. The molecule has 0 atom stereocenters. The van der Waals surface area contributed by atoms with Crippen LogP contribution in [0.3, 0.4) is 0 Å². The van der Waals surface area contributed by atoms with Crippen LogP contribution in [0.4, 0.5) is 5.82 Å². The Bertz CT molecular complexity index is 648. The van der Waals surface area contributed by atoms with Gasteiger partial charge < -0.3 is 10.4 Å². The molecule has 0 bridgehead atoms. The van der Waals surface area contributed by atoms with Gasteiger partial charge in [-0.2, -0.15) is 5.10 Å². The lowest BCUT2D eigenvalue weighted by atomic mass is 10.1. The molecular weight excluding hydrogens is 254 g/mol. The van der Waals surface area contributed by atoms with Crippen LogP contribution in [0.1, 0.15) is 22.3 Å². The lowest BCUT2D eigenvalue weighted by Crippen LogP contribution is -2.12. The summed E-state index contributed by atoms with van der Waals surface area (Å²) in [6.45, 7) is 0.0531. The highest BCUT2D eigenvalue weighted by Crippen LogP contribution is 2.07. The Labute approximate surface area is 117 Å². The molecule has 0 spiro atoms. The van der Waals surface area contributed by atoms with E-state index in [9.17, 15) is 4.79 Å². The number of aromatic nitrogens is 2. The molecule has 0 fully saturated rings. The molecule has 0 aliphatic carbocycles. The topological polar surface area (TPSA) is 67.2 Å². The molecule has 1 heterocycles. The van der Waals surface area contributed by atoms with E-state index in [1.54, 1.807) is 48.3 Å². The van der Waals surface area contributed by atoms with E-state index < -0.39 is 0 Å². The number of hydrogen-bond acceptors (Lipinski definition) is 3. The van der Waals surface area contributed by atoms with Crippen molar-refractivity contribution in [2.24, 2.45) is 7.05 Å². The largest absolute Gasteiger partial charge is 0.395 e. The number of anilines is 1. The Hall–Kier alpha value is -2.58. The molecule has 5 heteroatoms. The number of nitrogens with zero attached hydrogens (tertiary/aromatic N) is 2. The Balaban J connectivity index is 2.02. The summed E-state index contributed by atoms with van der Waals surface area (Å²) in [7, 11) is 1.79. The molecule has 0 aliphatic rings. The van der Waals surface area contributed by atoms with Crippen molar-refractivity contribution >= 4 is 11.7 Å². The third kappa shape index (κ3) is 3.70. The van der Waals surface area contributed by atoms with Crippen molar-refractivity contribution in [1.82, 2.24) is 9.78 Å². The lowest BCUT2D eigenvalue weighted by molar-refractivity contribution is 0.102. The number of nitrogens with one attached hydrogen (secondary N) is 1. The molecule has 2 N–H and O–H groups in total. The van der Waals surface area contributed by atoms with E-state index in [1.165, 1.54) is 0 Å². The van der Waals surface area contributed by atoms with Crippen molar-refractivity contribution in [2.45, 2.75) is 6.42 Å². The number of aryl methyl sites for hydroxylation is 1. The predicted octanol–water partition coefficient (Wildman–Crippen LogP) is 1.41. The SMILES string of the molecule is Cn1ccc(NC(=O)c2ccc(C#CCCO)cc2)n1. The summed E-state index contributed by atoms with van der Waals surface area (Å²) in [4.78, 5) is 12.0. The average molecular weight is 269 g/mol. The third-order valence-corrected chi connectivity index (χ3v) is 2.57. The van der Waals surface area contributed by atoms with Gasteiger partial charge in [-0.15, -0.1) is 0 Å². The van der Waals surface area contributed by atoms with Crippen LogP contribution < -0.4 is 5.32 Å². The zero-order valence-electron chi connectivity index (χ0n) is 11.1. The molecule has 0 saturated heterocycles. The average Bonchev–Trinajstić information content (AvgIpc) is 2.85. The maximum atomic E-state index is 12.0. The Morgan fingerprint density at radius 3 is 2.70 bits per heavy atom. The summed E-state index contributed by atoms with van der Waals surface area (Å²) in [6.07, 6.45) is 2.21. The van der Waals surface area contributed by atoms with Crippen LogP contribution in [0.25, 0.3) is 0 Å². The van der Waals surface area contributed by atoms with Crippen LogP contribution in [0.2, 0.25) is 0 Å². The second kappa shape index (κ2) is 6.55. The first-order valence-corrected chi connectivity index (χ1v) is 6.20. The smallest absolute Gasteiger partial charge is 0.256 e. The molecule has 0 saturated carbocycles. The first-order chi connectivity index (χ1) is 9.69. The van der Waals surface area contributed by atoms with Crippen molar-refractivity contribution in [3.8, 4) is 11.8 Å². The molecule has 102 valence electrons. The van der Waals surface area contributed by atoms with Crippen LogP contribution in [0, 0.1) is 11.8 Å². The molecule has 2 rings (SSSR count). The molecular formula is C15H15N3O2. The van der Waals surface area contributed by atoms with Crippen molar-refractivity contribution < 1.29 is 9.90 Å². The number of benzene rings is 1. The zero-order valence-corrected chi connectivity index (χ0v) is 11.1. The van der Waals surface area contributed by atoms with Crippen molar-refractivity contribution in [2.75, 3.05) is 11.9 Å². The van der Waals surface area contributed by atoms with E-state index in [0.717, 1.165) is 5.56 Å². The van der Waals surface area contributed by atoms with Crippen molar-refractivity contribution in [3.63, 3.8) is 0 Å².